The van der Waals surface area contributed by atoms with Crippen molar-refractivity contribution in [3.05, 3.63) is 46.6 Å². The topological polar surface area (TPSA) is 122 Å². The van der Waals surface area contributed by atoms with Gasteiger partial charge < -0.3 is 19.3 Å². The number of amides is 2. The molecule has 3 aromatic heterocycles. The first-order valence-corrected chi connectivity index (χ1v) is 14.1. The molecular weight excluding hydrogens is 510 g/mol. The van der Waals surface area contributed by atoms with Crippen LogP contribution in [0.25, 0.3) is 11.1 Å². The van der Waals surface area contributed by atoms with Gasteiger partial charge in [0.2, 0.25) is 0 Å². The van der Waals surface area contributed by atoms with Crippen LogP contribution in [0.5, 0.6) is 0 Å². The van der Waals surface area contributed by atoms with Gasteiger partial charge in [-0.15, -0.1) is 0 Å². The Balaban J connectivity index is 1.42. The molecule has 0 bridgehead atoms. The van der Waals surface area contributed by atoms with E-state index in [-0.39, 0.29) is 48.0 Å². The molecule has 1 N–H and O–H groups in total. The van der Waals surface area contributed by atoms with E-state index in [9.17, 15) is 19.5 Å². The number of piperazine rings is 1. The molecule has 1 aliphatic carbocycles. The van der Waals surface area contributed by atoms with E-state index in [0.29, 0.717) is 17.0 Å². The lowest BCUT2D eigenvalue weighted by atomic mass is 9.82. The highest BCUT2D eigenvalue weighted by Gasteiger charge is 2.41. The summed E-state index contributed by atoms with van der Waals surface area (Å²) in [5.41, 5.74) is 2.34. The average molecular weight is 550 g/mol. The number of furan rings is 1. The minimum absolute atomic E-state index is 0.0996. The Morgan fingerprint density at radius 3 is 2.38 bits per heavy atom. The number of carboxylic acid groups (broad SMARTS) is 1. The smallest absolute Gasteiger partial charge is 0.339 e. The molecule has 3 aromatic rings. The fourth-order valence-electron chi connectivity index (χ4n) is 6.10. The largest absolute Gasteiger partial charge is 0.478 e. The summed E-state index contributed by atoms with van der Waals surface area (Å²) in [5, 5.41) is 13.6. The molecule has 10 nitrogen and oxygen atoms in total. The minimum Gasteiger partial charge on any atom is -0.478 e. The maximum atomic E-state index is 13.8. The molecule has 2 fully saturated rings. The summed E-state index contributed by atoms with van der Waals surface area (Å²) in [6.45, 7) is 11.0. The maximum absolute atomic E-state index is 13.8. The molecule has 10 heteroatoms. The van der Waals surface area contributed by atoms with Crippen LogP contribution in [0.2, 0.25) is 0 Å². The first kappa shape index (κ1) is 27.9. The number of aromatic carboxylic acids is 1. The number of carboxylic acids is 1. The molecule has 2 aliphatic rings. The van der Waals surface area contributed by atoms with Crippen LogP contribution >= 0.6 is 0 Å². The Morgan fingerprint density at radius 2 is 1.75 bits per heavy atom. The van der Waals surface area contributed by atoms with Crippen LogP contribution in [0.15, 0.2) is 22.7 Å². The number of fused-ring (bicyclic) bond motifs is 1. The summed E-state index contributed by atoms with van der Waals surface area (Å²) in [4.78, 5) is 47.0. The van der Waals surface area contributed by atoms with Gasteiger partial charge in [0.15, 0.2) is 17.0 Å². The average Bonchev–Trinajstić information content (AvgIpc) is 3.50. The molecule has 40 heavy (non-hydrogen) atoms. The zero-order chi connectivity index (χ0) is 29.0. The second-order valence-electron chi connectivity index (χ2n) is 12.9. The Bertz CT molecular complexity index is 1470. The van der Waals surface area contributed by atoms with Crippen molar-refractivity contribution in [1.82, 2.24) is 24.6 Å². The van der Waals surface area contributed by atoms with Crippen molar-refractivity contribution in [1.29, 1.82) is 0 Å². The molecule has 0 aromatic carbocycles. The van der Waals surface area contributed by atoms with Crippen molar-refractivity contribution < 1.29 is 23.9 Å². The monoisotopic (exact) mass is 549 g/mol. The predicted octanol–water partition coefficient (Wildman–Crippen LogP) is 4.98. The van der Waals surface area contributed by atoms with Crippen molar-refractivity contribution in [2.24, 2.45) is 7.05 Å². The lowest BCUT2D eigenvalue weighted by Crippen LogP contribution is -2.62. The van der Waals surface area contributed by atoms with Gasteiger partial charge in [-0.1, -0.05) is 40.0 Å². The molecule has 0 unspecified atom stereocenters. The van der Waals surface area contributed by atoms with E-state index in [1.54, 1.807) is 22.9 Å². The van der Waals surface area contributed by atoms with Gasteiger partial charge in [-0.05, 0) is 38.2 Å². The number of pyridine rings is 1. The van der Waals surface area contributed by atoms with Crippen LogP contribution in [0.4, 0.5) is 0 Å². The summed E-state index contributed by atoms with van der Waals surface area (Å²) in [5.74, 6) is -1.25. The highest BCUT2D eigenvalue weighted by atomic mass is 16.4. The fraction of sp³-hybridized carbons (Fsp3) is 0.567. The third-order valence-corrected chi connectivity index (χ3v) is 8.24. The third kappa shape index (κ3) is 5.11. The Labute approximate surface area is 234 Å². The quantitative estimate of drug-likeness (QED) is 0.487. The first-order valence-electron chi connectivity index (χ1n) is 14.1. The van der Waals surface area contributed by atoms with Crippen molar-refractivity contribution in [2.45, 2.75) is 83.6 Å². The van der Waals surface area contributed by atoms with Gasteiger partial charge in [-0.25, -0.2) is 9.78 Å². The molecule has 0 atom stereocenters. The Morgan fingerprint density at radius 1 is 1.05 bits per heavy atom. The van der Waals surface area contributed by atoms with Gasteiger partial charge in [0.25, 0.3) is 11.8 Å². The van der Waals surface area contributed by atoms with Crippen LogP contribution in [0, 0.1) is 0 Å². The SMILES string of the molecule is Cn1cc(C(=O)O)c(C(=O)N2CCN(C(=O)c3cc4nc(C5CCCCC5)cc(C(C)(C)C)c4o3)C(C)(C)C2)n1. The highest BCUT2D eigenvalue weighted by Crippen LogP contribution is 2.38. The first-order chi connectivity index (χ1) is 18.8. The number of aryl methyl sites for hydroxylation is 1. The van der Waals surface area contributed by atoms with Crippen LogP contribution in [-0.2, 0) is 12.5 Å². The molecule has 214 valence electrons. The van der Waals surface area contributed by atoms with Gasteiger partial charge in [0.05, 0.1) is 5.54 Å². The lowest BCUT2D eigenvalue weighted by Gasteiger charge is -2.46. The van der Waals surface area contributed by atoms with Crippen LogP contribution in [0.1, 0.15) is 115 Å². The second kappa shape index (κ2) is 10.1. The number of nitrogens with zero attached hydrogens (tertiary/aromatic N) is 5. The number of rotatable bonds is 4. The molecule has 1 saturated heterocycles. The second-order valence-corrected chi connectivity index (χ2v) is 12.9. The molecule has 1 aliphatic heterocycles. The highest BCUT2D eigenvalue weighted by molar-refractivity contribution is 6.03. The van der Waals surface area contributed by atoms with E-state index < -0.39 is 17.4 Å². The predicted molar refractivity (Wildman–Crippen MR) is 150 cm³/mol. The van der Waals surface area contributed by atoms with E-state index in [2.05, 4.69) is 31.9 Å². The van der Waals surface area contributed by atoms with Gasteiger partial charge in [0.1, 0.15) is 11.1 Å². The van der Waals surface area contributed by atoms with Crippen LogP contribution in [0.3, 0.4) is 0 Å². The summed E-state index contributed by atoms with van der Waals surface area (Å²) in [6.07, 6.45) is 7.29. The fourth-order valence-corrected chi connectivity index (χ4v) is 6.10. The summed E-state index contributed by atoms with van der Waals surface area (Å²) >= 11 is 0. The summed E-state index contributed by atoms with van der Waals surface area (Å²) < 4.78 is 7.57. The Kier molecular flexibility index (Phi) is 7.00. The molecule has 4 heterocycles. The van der Waals surface area contributed by atoms with Gasteiger partial charge in [-0.3, -0.25) is 14.3 Å². The molecular formula is C30H39N5O5. The molecule has 0 spiro atoms. The van der Waals surface area contributed by atoms with E-state index >= 15 is 0 Å². The van der Waals surface area contributed by atoms with Crippen molar-refractivity contribution >= 4 is 28.9 Å². The number of hydrogen-bond donors (Lipinski definition) is 1. The number of hydrogen-bond acceptors (Lipinski definition) is 6. The zero-order valence-corrected chi connectivity index (χ0v) is 24.3. The zero-order valence-electron chi connectivity index (χ0n) is 24.3. The van der Waals surface area contributed by atoms with Gasteiger partial charge in [-0.2, -0.15) is 5.10 Å². The lowest BCUT2D eigenvalue weighted by molar-refractivity contribution is 0.0147. The van der Waals surface area contributed by atoms with Crippen molar-refractivity contribution in [3.63, 3.8) is 0 Å². The maximum Gasteiger partial charge on any atom is 0.339 e. The van der Waals surface area contributed by atoms with Crippen LogP contribution in [-0.4, -0.2) is 72.6 Å². The summed E-state index contributed by atoms with van der Waals surface area (Å²) in [7, 11) is 1.58. The van der Waals surface area contributed by atoms with E-state index in [1.807, 2.05) is 13.8 Å². The molecule has 1 saturated carbocycles. The normalized spacial score (nSPS) is 18.4. The van der Waals surface area contributed by atoms with E-state index in [0.717, 1.165) is 24.1 Å². The number of aromatic nitrogens is 3. The molecule has 5 rings (SSSR count). The molecule has 2 amide bonds. The van der Waals surface area contributed by atoms with Gasteiger partial charge >= 0.3 is 5.97 Å². The van der Waals surface area contributed by atoms with Gasteiger partial charge in [0, 0.05) is 56.1 Å². The Hall–Kier alpha value is -3.69. The number of carbonyl (C=O) groups is 3. The standard InChI is InChI=1S/C30H39N5O5/c1-29(2,3)20-14-21(18-10-8-7-9-11-18)31-22-15-23(40-25(20)22)26(36)35-13-12-34(17-30(35,4)5)27(37)24-19(28(38)39)16-33(6)32-24/h14-16,18H,7-13,17H2,1-6H3,(H,38,39). The van der Waals surface area contributed by atoms with E-state index in [1.165, 1.54) is 30.1 Å². The van der Waals surface area contributed by atoms with Crippen molar-refractivity contribution in [2.75, 3.05) is 19.6 Å². The van der Waals surface area contributed by atoms with Crippen LogP contribution < -0.4 is 0 Å². The van der Waals surface area contributed by atoms with E-state index in [4.69, 9.17) is 9.40 Å². The summed E-state index contributed by atoms with van der Waals surface area (Å²) in [6, 6.07) is 3.94. The number of carbonyl (C=O) groups excluding carboxylic acids is 2. The van der Waals surface area contributed by atoms with Crippen molar-refractivity contribution in [3.8, 4) is 0 Å². The minimum atomic E-state index is -1.20. The third-order valence-electron chi connectivity index (χ3n) is 8.24. The molecule has 0 radical (unpaired) electrons.